The van der Waals surface area contributed by atoms with Gasteiger partial charge in [0.05, 0.1) is 0 Å². The second-order valence-corrected chi connectivity index (χ2v) is 7.68. The molecule has 3 rings (SSSR count). The summed E-state index contributed by atoms with van der Waals surface area (Å²) in [6.45, 7) is 1.01. The number of aliphatic carboxylic acids is 2. The molecule has 0 aliphatic rings. The number of hydrogen-bond acceptors (Lipinski definition) is 5. The summed E-state index contributed by atoms with van der Waals surface area (Å²) in [5.41, 5.74) is 0. The van der Waals surface area contributed by atoms with E-state index in [1.165, 1.54) is 15.6 Å². The summed E-state index contributed by atoms with van der Waals surface area (Å²) in [5, 5.41) is 20.1. The molecule has 0 amide bonds. The predicted octanol–water partition coefficient (Wildman–Crippen LogP) is 4.68. The molecule has 1 unspecified atom stereocenters. The highest BCUT2D eigenvalue weighted by molar-refractivity contribution is 7.10. The lowest BCUT2D eigenvalue weighted by molar-refractivity contribution is -0.134. The number of benzene rings is 2. The monoisotopic (exact) mass is 427 g/mol. The summed E-state index contributed by atoms with van der Waals surface area (Å²) in [5.74, 6) is -1.55. The number of fused-ring (bicyclic) bond motifs is 1. The van der Waals surface area contributed by atoms with E-state index in [0.29, 0.717) is 12.2 Å². The smallest absolute Gasteiger partial charge is 0.328 e. The maximum atomic E-state index is 9.55. The molecule has 2 aromatic carbocycles. The normalized spacial score (nSPS) is 11.8. The molecule has 1 aromatic heterocycles. The zero-order valence-electron chi connectivity index (χ0n) is 16.9. The first-order valence-electron chi connectivity index (χ1n) is 9.33. The van der Waals surface area contributed by atoms with Crippen molar-refractivity contribution in [1.82, 2.24) is 4.90 Å². The molecule has 0 aliphatic carbocycles. The Morgan fingerprint density at radius 1 is 1.00 bits per heavy atom. The molecule has 1 heterocycles. The first-order valence-corrected chi connectivity index (χ1v) is 10.2. The van der Waals surface area contributed by atoms with E-state index in [0.717, 1.165) is 18.7 Å². The van der Waals surface area contributed by atoms with Crippen LogP contribution in [-0.2, 0) is 9.59 Å². The van der Waals surface area contributed by atoms with Crippen LogP contribution in [0.5, 0.6) is 5.75 Å². The van der Waals surface area contributed by atoms with Gasteiger partial charge in [0.25, 0.3) is 0 Å². The molecule has 0 saturated carbocycles. The minimum Gasteiger partial charge on any atom is -0.484 e. The highest BCUT2D eigenvalue weighted by atomic mass is 32.1. The van der Waals surface area contributed by atoms with Crippen molar-refractivity contribution in [1.29, 1.82) is 0 Å². The van der Waals surface area contributed by atoms with Gasteiger partial charge in [0.1, 0.15) is 11.9 Å². The summed E-state index contributed by atoms with van der Waals surface area (Å²) in [6.07, 6.45) is 2.20. The van der Waals surface area contributed by atoms with E-state index in [4.69, 9.17) is 14.9 Å². The van der Waals surface area contributed by atoms with Crippen molar-refractivity contribution >= 4 is 34.0 Å². The van der Waals surface area contributed by atoms with E-state index in [2.05, 4.69) is 79.0 Å². The molecule has 1 atom stereocenters. The van der Waals surface area contributed by atoms with Crippen molar-refractivity contribution in [3.63, 3.8) is 0 Å². The molecule has 0 spiro atoms. The van der Waals surface area contributed by atoms with Crippen molar-refractivity contribution in [3.8, 4) is 5.75 Å². The minimum atomic E-state index is -1.26. The number of rotatable bonds is 8. The number of carbonyl (C=O) groups is 2. The minimum absolute atomic E-state index is 0.105. The fraction of sp³-hybridized carbons (Fsp3) is 0.217. The van der Waals surface area contributed by atoms with E-state index in [1.54, 1.807) is 11.3 Å². The van der Waals surface area contributed by atoms with Gasteiger partial charge in [0, 0.05) is 35.4 Å². The van der Waals surface area contributed by atoms with Crippen LogP contribution >= 0.6 is 11.3 Å². The molecule has 2 N–H and O–H groups in total. The first kappa shape index (κ1) is 23.1. The van der Waals surface area contributed by atoms with E-state index >= 15 is 0 Å². The quantitative estimate of drug-likeness (QED) is 0.508. The van der Waals surface area contributed by atoms with Gasteiger partial charge in [-0.3, -0.25) is 0 Å². The fourth-order valence-corrected chi connectivity index (χ4v) is 3.49. The Morgan fingerprint density at radius 2 is 1.67 bits per heavy atom. The lowest BCUT2D eigenvalue weighted by Crippen LogP contribution is -2.18. The van der Waals surface area contributed by atoms with Crippen LogP contribution in [0.15, 0.2) is 72.1 Å². The van der Waals surface area contributed by atoms with Crippen molar-refractivity contribution < 1.29 is 24.5 Å². The average Bonchev–Trinajstić information content (AvgIpc) is 3.25. The summed E-state index contributed by atoms with van der Waals surface area (Å²) >= 11 is 1.76. The number of ether oxygens (including phenoxy) is 1. The Morgan fingerprint density at radius 3 is 2.27 bits per heavy atom. The summed E-state index contributed by atoms with van der Waals surface area (Å²) in [6, 6.07) is 18.9. The van der Waals surface area contributed by atoms with Gasteiger partial charge in [-0.15, -0.1) is 11.3 Å². The van der Waals surface area contributed by atoms with Crippen molar-refractivity contribution in [2.75, 3.05) is 20.6 Å². The van der Waals surface area contributed by atoms with Crippen molar-refractivity contribution in [2.24, 2.45) is 0 Å². The van der Waals surface area contributed by atoms with Crippen molar-refractivity contribution in [3.05, 3.63) is 77.0 Å². The van der Waals surface area contributed by atoms with Gasteiger partial charge in [-0.05, 0) is 37.0 Å². The fourth-order valence-electron chi connectivity index (χ4n) is 2.70. The van der Waals surface area contributed by atoms with Gasteiger partial charge < -0.3 is 19.8 Å². The first-order chi connectivity index (χ1) is 14.4. The third kappa shape index (κ3) is 7.69. The van der Waals surface area contributed by atoms with Crippen LogP contribution in [0, 0.1) is 0 Å². The molecular formula is C23H25NO5S. The maximum absolute atomic E-state index is 9.55. The van der Waals surface area contributed by atoms with Crippen LogP contribution in [0.25, 0.3) is 10.8 Å². The third-order valence-electron chi connectivity index (χ3n) is 4.09. The Kier molecular flexibility index (Phi) is 9.05. The number of nitrogens with zero attached hydrogens (tertiary/aromatic N) is 1. The molecule has 0 fully saturated rings. The molecule has 0 bridgehead atoms. The molecule has 6 nitrogen and oxygen atoms in total. The zero-order valence-corrected chi connectivity index (χ0v) is 17.7. The Hall–Kier alpha value is -3.16. The Balaban J connectivity index is 0.000000343. The highest BCUT2D eigenvalue weighted by Crippen LogP contribution is 2.32. The van der Waals surface area contributed by atoms with E-state index in [1.807, 2.05) is 0 Å². The Labute approximate surface area is 179 Å². The molecular weight excluding hydrogens is 402 g/mol. The van der Waals surface area contributed by atoms with Gasteiger partial charge >= 0.3 is 11.9 Å². The Bertz CT molecular complexity index is 961. The average molecular weight is 428 g/mol. The standard InChI is InChI=1S/C19H21NOS.C4H4O4/c1-20(2)13-12-18(19-11-6-14-22-19)21-17-10-5-8-15-7-3-4-9-16(15)17;5-3(6)1-2-4(7)8/h3-11,14,18H,12-13H2,1-2H3;1-2H,(H,5,6)(H,7,8). The largest absolute Gasteiger partial charge is 0.484 e. The molecule has 30 heavy (non-hydrogen) atoms. The number of hydrogen-bond donors (Lipinski definition) is 2. The molecule has 0 aliphatic heterocycles. The van der Waals surface area contributed by atoms with Crippen LogP contribution in [0.4, 0.5) is 0 Å². The SMILES string of the molecule is CN(C)CCC(Oc1cccc2ccccc12)c1cccs1.O=C(O)C=CC(=O)O. The molecule has 7 heteroatoms. The maximum Gasteiger partial charge on any atom is 0.328 e. The molecule has 0 saturated heterocycles. The lowest BCUT2D eigenvalue weighted by Gasteiger charge is -2.21. The summed E-state index contributed by atoms with van der Waals surface area (Å²) < 4.78 is 6.41. The molecule has 0 radical (unpaired) electrons. The molecule has 3 aromatic rings. The van der Waals surface area contributed by atoms with E-state index in [9.17, 15) is 9.59 Å². The van der Waals surface area contributed by atoms with Crippen molar-refractivity contribution in [2.45, 2.75) is 12.5 Å². The van der Waals surface area contributed by atoms with Crippen LogP contribution in [0.1, 0.15) is 17.4 Å². The highest BCUT2D eigenvalue weighted by Gasteiger charge is 2.16. The van der Waals surface area contributed by atoms with Gasteiger partial charge in [-0.25, -0.2) is 9.59 Å². The van der Waals surface area contributed by atoms with Gasteiger partial charge in [0.15, 0.2) is 0 Å². The second kappa shape index (κ2) is 11.7. The van der Waals surface area contributed by atoms with Crippen LogP contribution in [-0.4, -0.2) is 47.7 Å². The molecule has 158 valence electrons. The van der Waals surface area contributed by atoms with E-state index in [-0.39, 0.29) is 6.10 Å². The van der Waals surface area contributed by atoms with Crippen LogP contribution in [0.3, 0.4) is 0 Å². The summed E-state index contributed by atoms with van der Waals surface area (Å²) in [4.78, 5) is 22.6. The zero-order chi connectivity index (χ0) is 21.9. The number of thiophene rings is 1. The van der Waals surface area contributed by atoms with E-state index < -0.39 is 11.9 Å². The van der Waals surface area contributed by atoms with Gasteiger partial charge in [0.2, 0.25) is 0 Å². The van der Waals surface area contributed by atoms with Gasteiger partial charge in [-0.1, -0.05) is 42.5 Å². The number of carboxylic acid groups (broad SMARTS) is 2. The summed E-state index contributed by atoms with van der Waals surface area (Å²) in [7, 11) is 4.20. The van der Waals surface area contributed by atoms with Gasteiger partial charge in [-0.2, -0.15) is 0 Å². The third-order valence-corrected chi connectivity index (χ3v) is 5.05. The predicted molar refractivity (Wildman–Crippen MR) is 119 cm³/mol. The topological polar surface area (TPSA) is 87.1 Å². The number of carboxylic acids is 2. The second-order valence-electron chi connectivity index (χ2n) is 6.70. The lowest BCUT2D eigenvalue weighted by atomic mass is 10.1. The van der Waals surface area contributed by atoms with Crippen LogP contribution in [0.2, 0.25) is 0 Å². The van der Waals surface area contributed by atoms with Crippen LogP contribution < -0.4 is 4.74 Å².